The van der Waals surface area contributed by atoms with E-state index in [4.69, 9.17) is 0 Å². The van der Waals surface area contributed by atoms with Gasteiger partial charge in [-0.05, 0) is 75.0 Å². The fourth-order valence-electron chi connectivity index (χ4n) is 3.97. The van der Waals surface area contributed by atoms with Gasteiger partial charge in [-0.3, -0.25) is 0 Å². The van der Waals surface area contributed by atoms with E-state index < -0.39 is 17.8 Å². The molecule has 0 heterocycles. The quantitative estimate of drug-likeness (QED) is 0.395. The van der Waals surface area contributed by atoms with Crippen LogP contribution in [-0.2, 0) is 12.0 Å². The topological polar surface area (TPSA) is 60.7 Å². The van der Waals surface area contributed by atoms with Crippen molar-refractivity contribution in [1.29, 1.82) is 0 Å². The monoisotopic (exact) mass is 398 g/mol. The summed E-state index contributed by atoms with van der Waals surface area (Å²) < 4.78 is 0. The molecule has 1 aliphatic rings. The Kier molecular flexibility index (Phi) is 8.88. The smallest absolute Gasteiger partial charge is 0.0843 e. The van der Waals surface area contributed by atoms with Gasteiger partial charge in [0.1, 0.15) is 0 Å². The lowest BCUT2D eigenvalue weighted by atomic mass is 9.86. The van der Waals surface area contributed by atoms with Crippen LogP contribution in [0.5, 0.6) is 0 Å². The molecule has 1 aromatic rings. The molecule has 160 valence electrons. The molecule has 2 rings (SSSR count). The third kappa shape index (κ3) is 7.58. The summed E-state index contributed by atoms with van der Waals surface area (Å²) in [6.07, 6.45) is 11.6. The number of hydrogen-bond acceptors (Lipinski definition) is 3. The number of benzene rings is 1. The van der Waals surface area contributed by atoms with Crippen LogP contribution in [-0.4, -0.2) is 27.5 Å². The molecule has 0 spiro atoms. The molecule has 1 aliphatic carbocycles. The summed E-state index contributed by atoms with van der Waals surface area (Å²) in [5.74, 6) is 0.645. The summed E-state index contributed by atoms with van der Waals surface area (Å²) >= 11 is 0. The van der Waals surface area contributed by atoms with E-state index >= 15 is 0 Å². The highest BCUT2D eigenvalue weighted by Gasteiger charge is 2.25. The third-order valence-electron chi connectivity index (χ3n) is 5.89. The lowest BCUT2D eigenvalue weighted by molar-refractivity contribution is 0.0775. The maximum absolute atomic E-state index is 10.4. The number of hydrogen-bond donors (Lipinski definition) is 3. The molecule has 1 aromatic carbocycles. The SMILES string of the molecule is C=C1[C@H](O)CC(=CC=CCCC[C@@H](C)CCc2ccccc2C(C)(C)O)C[C@@H]1O. The lowest BCUT2D eigenvalue weighted by Gasteiger charge is -2.27. The molecule has 3 N–H and O–H groups in total. The van der Waals surface area contributed by atoms with Crippen molar-refractivity contribution in [1.82, 2.24) is 0 Å². The minimum absolute atomic E-state index is 0.533. The van der Waals surface area contributed by atoms with Crippen LogP contribution in [0.3, 0.4) is 0 Å². The van der Waals surface area contributed by atoms with Crippen LogP contribution in [0.1, 0.15) is 70.4 Å². The first-order chi connectivity index (χ1) is 13.7. The van der Waals surface area contributed by atoms with Crippen molar-refractivity contribution in [2.24, 2.45) is 5.92 Å². The molecule has 0 unspecified atom stereocenters. The van der Waals surface area contributed by atoms with Gasteiger partial charge >= 0.3 is 0 Å². The molecule has 3 heteroatoms. The molecule has 0 saturated heterocycles. The first-order valence-electron chi connectivity index (χ1n) is 10.9. The maximum Gasteiger partial charge on any atom is 0.0843 e. The van der Waals surface area contributed by atoms with Gasteiger partial charge in [0.2, 0.25) is 0 Å². The van der Waals surface area contributed by atoms with Gasteiger partial charge in [-0.15, -0.1) is 0 Å². The van der Waals surface area contributed by atoms with E-state index in [-0.39, 0.29) is 0 Å². The second-order valence-electron chi connectivity index (χ2n) is 9.06. The van der Waals surface area contributed by atoms with Gasteiger partial charge in [0.05, 0.1) is 17.8 Å². The van der Waals surface area contributed by atoms with Gasteiger partial charge < -0.3 is 15.3 Å². The van der Waals surface area contributed by atoms with Gasteiger partial charge in [0, 0.05) is 0 Å². The minimum Gasteiger partial charge on any atom is -0.388 e. The van der Waals surface area contributed by atoms with Gasteiger partial charge in [-0.2, -0.15) is 0 Å². The van der Waals surface area contributed by atoms with Crippen LogP contribution in [0.4, 0.5) is 0 Å². The predicted octanol–water partition coefficient (Wildman–Crippen LogP) is 5.21. The zero-order valence-corrected chi connectivity index (χ0v) is 18.3. The molecule has 3 atom stereocenters. The van der Waals surface area contributed by atoms with Crippen LogP contribution >= 0.6 is 0 Å². The molecule has 1 saturated carbocycles. The van der Waals surface area contributed by atoms with E-state index in [0.717, 1.165) is 36.8 Å². The van der Waals surface area contributed by atoms with Crippen molar-refractivity contribution in [3.05, 3.63) is 71.3 Å². The highest BCUT2D eigenvalue weighted by Crippen LogP contribution is 2.28. The zero-order valence-electron chi connectivity index (χ0n) is 18.3. The van der Waals surface area contributed by atoms with E-state index in [1.807, 2.05) is 38.1 Å². The fourth-order valence-corrected chi connectivity index (χ4v) is 3.97. The Morgan fingerprint density at radius 1 is 1.14 bits per heavy atom. The zero-order chi connectivity index (χ0) is 21.4. The number of aliphatic hydroxyl groups is 3. The summed E-state index contributed by atoms with van der Waals surface area (Å²) in [4.78, 5) is 0. The van der Waals surface area contributed by atoms with Crippen molar-refractivity contribution in [2.75, 3.05) is 0 Å². The Morgan fingerprint density at radius 2 is 1.79 bits per heavy atom. The number of aryl methyl sites for hydroxylation is 1. The Morgan fingerprint density at radius 3 is 2.45 bits per heavy atom. The summed E-state index contributed by atoms with van der Waals surface area (Å²) in [7, 11) is 0. The van der Waals surface area contributed by atoms with Crippen molar-refractivity contribution < 1.29 is 15.3 Å². The highest BCUT2D eigenvalue weighted by molar-refractivity contribution is 5.31. The average molecular weight is 399 g/mol. The second kappa shape index (κ2) is 10.9. The second-order valence-corrected chi connectivity index (χ2v) is 9.06. The van der Waals surface area contributed by atoms with Crippen LogP contribution in [0.2, 0.25) is 0 Å². The van der Waals surface area contributed by atoms with Crippen LogP contribution in [0.15, 0.2) is 60.2 Å². The third-order valence-corrected chi connectivity index (χ3v) is 5.89. The van der Waals surface area contributed by atoms with E-state index in [1.165, 1.54) is 12.0 Å². The van der Waals surface area contributed by atoms with Crippen molar-refractivity contribution in [3.63, 3.8) is 0 Å². The lowest BCUT2D eigenvalue weighted by Crippen LogP contribution is -2.27. The van der Waals surface area contributed by atoms with Gasteiger partial charge in [0.15, 0.2) is 0 Å². The van der Waals surface area contributed by atoms with E-state index in [9.17, 15) is 15.3 Å². The normalized spacial score (nSPS) is 23.1. The number of unbranched alkanes of at least 4 members (excludes halogenated alkanes) is 1. The van der Waals surface area contributed by atoms with Crippen molar-refractivity contribution >= 4 is 0 Å². The summed E-state index contributed by atoms with van der Waals surface area (Å²) in [6.45, 7) is 9.74. The molecule has 0 aromatic heterocycles. The standard InChI is InChI=1S/C26H38O3/c1-19(15-16-22-13-9-10-14-23(22)26(3,4)29)11-7-5-6-8-12-21-17-24(27)20(2)25(28)18-21/h6,8-10,12-14,19,24-25,27-29H,2,5,7,11,15-18H2,1,3-4H3/t19-,24-,25+/m1/s1. The first kappa shape index (κ1) is 23.6. The highest BCUT2D eigenvalue weighted by atomic mass is 16.3. The van der Waals surface area contributed by atoms with E-state index in [1.54, 1.807) is 0 Å². The molecule has 0 bridgehead atoms. The summed E-state index contributed by atoms with van der Waals surface area (Å²) in [5, 5.41) is 30.1. The van der Waals surface area contributed by atoms with Crippen LogP contribution < -0.4 is 0 Å². The Bertz CT molecular complexity index is 708. The summed E-state index contributed by atoms with van der Waals surface area (Å²) in [5.41, 5.74) is 3.09. The summed E-state index contributed by atoms with van der Waals surface area (Å²) in [6, 6.07) is 8.20. The Hall–Kier alpha value is -1.68. The molecule has 0 aliphatic heterocycles. The fraction of sp³-hybridized carbons (Fsp3) is 0.538. The Balaban J connectivity index is 1.70. The Labute approximate surface area is 176 Å². The average Bonchev–Trinajstić information content (AvgIpc) is 2.66. The maximum atomic E-state index is 10.4. The van der Waals surface area contributed by atoms with E-state index in [2.05, 4.69) is 31.7 Å². The first-order valence-corrected chi connectivity index (χ1v) is 10.9. The van der Waals surface area contributed by atoms with Gasteiger partial charge in [-0.25, -0.2) is 0 Å². The largest absolute Gasteiger partial charge is 0.388 e. The van der Waals surface area contributed by atoms with E-state index in [0.29, 0.717) is 24.3 Å². The predicted molar refractivity (Wildman–Crippen MR) is 121 cm³/mol. The molecular formula is C26H38O3. The van der Waals surface area contributed by atoms with Gasteiger partial charge in [-0.1, -0.05) is 68.0 Å². The molecule has 1 fully saturated rings. The number of aliphatic hydroxyl groups excluding tert-OH is 2. The molecule has 0 amide bonds. The molecular weight excluding hydrogens is 360 g/mol. The van der Waals surface area contributed by atoms with Crippen molar-refractivity contribution in [2.45, 2.75) is 83.5 Å². The van der Waals surface area contributed by atoms with Crippen LogP contribution in [0, 0.1) is 5.92 Å². The van der Waals surface area contributed by atoms with Crippen molar-refractivity contribution in [3.8, 4) is 0 Å². The number of allylic oxidation sites excluding steroid dienone is 3. The minimum atomic E-state index is -0.795. The molecule has 29 heavy (non-hydrogen) atoms. The molecule has 3 nitrogen and oxygen atoms in total. The van der Waals surface area contributed by atoms with Gasteiger partial charge in [0.25, 0.3) is 0 Å². The van der Waals surface area contributed by atoms with Crippen LogP contribution in [0.25, 0.3) is 0 Å². The number of rotatable bonds is 9. The molecule has 0 radical (unpaired) electrons.